The minimum atomic E-state index is -0.289. The summed E-state index contributed by atoms with van der Waals surface area (Å²) in [6, 6.07) is 0. The lowest BCUT2D eigenvalue weighted by molar-refractivity contribution is -0.168. The summed E-state index contributed by atoms with van der Waals surface area (Å²) < 4.78 is 10.3. The van der Waals surface area contributed by atoms with E-state index in [0.717, 1.165) is 12.8 Å². The zero-order valence-corrected chi connectivity index (χ0v) is 11.8. The van der Waals surface area contributed by atoms with Gasteiger partial charge in [-0.1, -0.05) is 27.7 Å². The van der Waals surface area contributed by atoms with Crippen molar-refractivity contribution >= 4 is 11.9 Å². The summed E-state index contributed by atoms with van der Waals surface area (Å²) in [6.45, 7) is 8.79. The smallest absolute Gasteiger partial charge is 0.309 e. The summed E-state index contributed by atoms with van der Waals surface area (Å²) in [5.41, 5.74) is 0. The van der Waals surface area contributed by atoms with Crippen LogP contribution in [0.1, 0.15) is 40.5 Å². The molecule has 0 aromatic carbocycles. The van der Waals surface area contributed by atoms with Crippen molar-refractivity contribution in [2.45, 2.75) is 40.5 Å². The van der Waals surface area contributed by atoms with E-state index in [0.29, 0.717) is 25.0 Å². The Balaban J connectivity index is 2.35. The molecule has 0 aromatic rings. The van der Waals surface area contributed by atoms with Crippen LogP contribution >= 0.6 is 0 Å². The molecule has 2 atom stereocenters. The normalized spacial score (nSPS) is 22.8. The Morgan fingerprint density at radius 1 is 0.889 bits per heavy atom. The van der Waals surface area contributed by atoms with E-state index in [1.54, 1.807) is 0 Å². The monoisotopic (exact) mass is 256 g/mol. The standard InChI is InChI=1S/C14H24O4/c1-9(2)7-17-13(15)11-5-6-12(11)14(16)18-8-10(3)4/h9-12H,5-8H2,1-4H3/t11-,12+. The van der Waals surface area contributed by atoms with Crippen LogP contribution in [0.3, 0.4) is 0 Å². The molecule has 0 amide bonds. The third-order valence-electron chi connectivity index (χ3n) is 3.00. The van der Waals surface area contributed by atoms with Gasteiger partial charge in [-0.2, -0.15) is 0 Å². The fraction of sp³-hybridized carbons (Fsp3) is 0.857. The molecule has 1 fully saturated rings. The molecule has 0 aliphatic heterocycles. The highest BCUT2D eigenvalue weighted by molar-refractivity contribution is 5.83. The van der Waals surface area contributed by atoms with Crippen LogP contribution in [0.15, 0.2) is 0 Å². The lowest BCUT2D eigenvalue weighted by Gasteiger charge is -2.32. The molecule has 4 heteroatoms. The minimum Gasteiger partial charge on any atom is -0.465 e. The Hall–Kier alpha value is -1.06. The molecule has 4 nitrogen and oxygen atoms in total. The van der Waals surface area contributed by atoms with Gasteiger partial charge < -0.3 is 9.47 Å². The summed E-state index contributed by atoms with van der Waals surface area (Å²) in [5.74, 6) is -0.435. The van der Waals surface area contributed by atoms with Gasteiger partial charge in [-0.25, -0.2) is 0 Å². The van der Waals surface area contributed by atoms with Crippen molar-refractivity contribution in [3.05, 3.63) is 0 Å². The molecule has 0 bridgehead atoms. The number of rotatable bonds is 6. The minimum absolute atomic E-state index is 0.249. The van der Waals surface area contributed by atoms with Crippen molar-refractivity contribution in [1.82, 2.24) is 0 Å². The first kappa shape index (κ1) is 15.0. The molecule has 0 N–H and O–H groups in total. The van der Waals surface area contributed by atoms with E-state index >= 15 is 0 Å². The van der Waals surface area contributed by atoms with Crippen molar-refractivity contribution in [2.24, 2.45) is 23.7 Å². The van der Waals surface area contributed by atoms with Crippen molar-refractivity contribution in [3.8, 4) is 0 Å². The Morgan fingerprint density at radius 2 is 1.22 bits per heavy atom. The Morgan fingerprint density at radius 3 is 1.44 bits per heavy atom. The van der Waals surface area contributed by atoms with E-state index in [1.807, 2.05) is 27.7 Å². The van der Waals surface area contributed by atoms with Crippen molar-refractivity contribution < 1.29 is 19.1 Å². The van der Waals surface area contributed by atoms with Crippen molar-refractivity contribution in [1.29, 1.82) is 0 Å². The van der Waals surface area contributed by atoms with Crippen LogP contribution in [0, 0.1) is 23.7 Å². The fourth-order valence-corrected chi connectivity index (χ4v) is 1.78. The van der Waals surface area contributed by atoms with Gasteiger partial charge in [-0.15, -0.1) is 0 Å². The van der Waals surface area contributed by atoms with Crippen LogP contribution in [-0.2, 0) is 19.1 Å². The van der Waals surface area contributed by atoms with Crippen molar-refractivity contribution in [3.63, 3.8) is 0 Å². The number of esters is 2. The first-order chi connectivity index (χ1) is 8.41. The SMILES string of the molecule is CC(C)COC(=O)[C@H]1CC[C@H]1C(=O)OCC(C)C. The van der Waals surface area contributed by atoms with Crippen LogP contribution < -0.4 is 0 Å². The maximum Gasteiger partial charge on any atom is 0.309 e. The summed E-state index contributed by atoms with van der Waals surface area (Å²) in [5, 5.41) is 0. The number of carbonyl (C=O) groups excluding carboxylic acids is 2. The molecule has 0 radical (unpaired) electrons. The predicted molar refractivity (Wildman–Crippen MR) is 67.8 cm³/mol. The van der Waals surface area contributed by atoms with E-state index < -0.39 is 0 Å². The van der Waals surface area contributed by atoms with Crippen LogP contribution in [0.2, 0.25) is 0 Å². The average Bonchev–Trinajstić information content (AvgIpc) is 2.22. The second-order valence-corrected chi connectivity index (χ2v) is 5.84. The molecule has 0 heterocycles. The van der Waals surface area contributed by atoms with Gasteiger partial charge in [-0.05, 0) is 24.7 Å². The highest BCUT2D eigenvalue weighted by Gasteiger charge is 2.43. The second-order valence-electron chi connectivity index (χ2n) is 5.84. The molecule has 0 saturated heterocycles. The van der Waals surface area contributed by atoms with Crippen LogP contribution in [0.4, 0.5) is 0 Å². The molecular weight excluding hydrogens is 232 g/mol. The van der Waals surface area contributed by atoms with Gasteiger partial charge >= 0.3 is 11.9 Å². The van der Waals surface area contributed by atoms with Gasteiger partial charge in [0, 0.05) is 0 Å². The maximum absolute atomic E-state index is 11.8. The quantitative estimate of drug-likeness (QED) is 0.685. The Labute approximate surface area is 109 Å². The van der Waals surface area contributed by atoms with Crippen molar-refractivity contribution in [2.75, 3.05) is 13.2 Å². The van der Waals surface area contributed by atoms with Crippen LogP contribution in [-0.4, -0.2) is 25.2 Å². The lowest BCUT2D eigenvalue weighted by atomic mass is 9.73. The molecular formula is C14H24O4. The second kappa shape index (κ2) is 6.76. The van der Waals surface area contributed by atoms with E-state index in [2.05, 4.69) is 0 Å². The van der Waals surface area contributed by atoms with Crippen LogP contribution in [0.5, 0.6) is 0 Å². The third-order valence-corrected chi connectivity index (χ3v) is 3.00. The Bertz CT molecular complexity index is 266. The third kappa shape index (κ3) is 4.31. The fourth-order valence-electron chi connectivity index (χ4n) is 1.78. The Kier molecular flexibility index (Phi) is 5.63. The van der Waals surface area contributed by atoms with Gasteiger partial charge in [0.1, 0.15) is 0 Å². The van der Waals surface area contributed by atoms with Gasteiger partial charge in [0.05, 0.1) is 25.0 Å². The molecule has 0 unspecified atom stereocenters. The topological polar surface area (TPSA) is 52.6 Å². The lowest BCUT2D eigenvalue weighted by Crippen LogP contribution is -2.40. The number of carbonyl (C=O) groups is 2. The number of hydrogen-bond donors (Lipinski definition) is 0. The largest absolute Gasteiger partial charge is 0.465 e. The van der Waals surface area contributed by atoms with E-state index in [9.17, 15) is 9.59 Å². The van der Waals surface area contributed by atoms with Gasteiger partial charge in [0.15, 0.2) is 0 Å². The predicted octanol–water partition coefficient (Wildman–Crippen LogP) is 2.41. The van der Waals surface area contributed by atoms with E-state index in [4.69, 9.17) is 9.47 Å². The van der Waals surface area contributed by atoms with Gasteiger partial charge in [0.2, 0.25) is 0 Å². The maximum atomic E-state index is 11.8. The van der Waals surface area contributed by atoms with Gasteiger partial charge in [-0.3, -0.25) is 9.59 Å². The summed E-state index contributed by atoms with van der Waals surface area (Å²) in [7, 11) is 0. The summed E-state index contributed by atoms with van der Waals surface area (Å²) in [6.07, 6.45) is 1.47. The molecule has 1 aliphatic carbocycles. The number of ether oxygens (including phenoxy) is 2. The summed E-state index contributed by atoms with van der Waals surface area (Å²) in [4.78, 5) is 23.5. The summed E-state index contributed by atoms with van der Waals surface area (Å²) >= 11 is 0. The van der Waals surface area contributed by atoms with Gasteiger partial charge in [0.25, 0.3) is 0 Å². The van der Waals surface area contributed by atoms with E-state index in [-0.39, 0.29) is 23.8 Å². The molecule has 1 rings (SSSR count). The molecule has 104 valence electrons. The molecule has 1 saturated carbocycles. The molecule has 1 aliphatic rings. The highest BCUT2D eigenvalue weighted by Crippen LogP contribution is 2.36. The molecule has 0 spiro atoms. The zero-order chi connectivity index (χ0) is 13.7. The first-order valence-corrected chi connectivity index (χ1v) is 6.75. The average molecular weight is 256 g/mol. The zero-order valence-electron chi connectivity index (χ0n) is 11.8. The van der Waals surface area contributed by atoms with Crippen LogP contribution in [0.25, 0.3) is 0 Å². The number of hydrogen-bond acceptors (Lipinski definition) is 4. The first-order valence-electron chi connectivity index (χ1n) is 6.75. The molecule has 0 aromatic heterocycles. The van der Waals surface area contributed by atoms with E-state index in [1.165, 1.54) is 0 Å². The highest BCUT2D eigenvalue weighted by atomic mass is 16.5. The molecule has 18 heavy (non-hydrogen) atoms.